The summed E-state index contributed by atoms with van der Waals surface area (Å²) in [5.41, 5.74) is 0. The zero-order chi connectivity index (χ0) is 44.4. The molecular weight excluding hydrogens is 812 g/mol. The van der Waals surface area contributed by atoms with Crippen molar-refractivity contribution in [2.24, 2.45) is 0 Å². The van der Waals surface area contributed by atoms with E-state index >= 15 is 0 Å². The molecule has 0 amide bonds. The van der Waals surface area contributed by atoms with E-state index in [1.54, 1.807) is 0 Å². The van der Waals surface area contributed by atoms with Crippen LogP contribution in [-0.2, 0) is 26.7 Å². The molecule has 0 aliphatic heterocycles. The van der Waals surface area contributed by atoms with E-state index in [-0.39, 0.29) is 24.4 Å². The number of unbranched alkanes of at least 4 members (excludes halogenated alkanes) is 20. The second-order valence-electron chi connectivity index (χ2n) is 17.8. The first-order valence-electron chi connectivity index (χ1n) is 24.3. The van der Waals surface area contributed by atoms with Gasteiger partial charge in [0.1, 0.15) is 0 Å². The summed E-state index contributed by atoms with van der Waals surface area (Å²) < 4.78 is 36.8. The zero-order valence-corrected chi connectivity index (χ0v) is 44.3. The quantitative estimate of drug-likeness (QED) is 0.0347. The van der Waals surface area contributed by atoms with Crippen LogP contribution in [0.15, 0.2) is 0 Å². The Morgan fingerprint density at radius 2 is 0.483 bits per heavy atom. The third-order valence-corrected chi connectivity index (χ3v) is 22.1. The van der Waals surface area contributed by atoms with Gasteiger partial charge in [-0.15, -0.1) is 0 Å². The molecule has 0 saturated carbocycles. The molecule has 0 aromatic rings. The fraction of sp³-hybridized carbons (Fsp3) is 1.00. The van der Waals surface area contributed by atoms with E-state index in [1.807, 2.05) is 55.4 Å². The van der Waals surface area contributed by atoms with Crippen LogP contribution in [0.4, 0.5) is 0 Å². The Hall–Kier alpha value is 1.32. The Kier molecular flexibility index (Phi) is 39.9. The first kappa shape index (κ1) is 61.4. The summed E-state index contributed by atoms with van der Waals surface area (Å²) in [6.07, 6.45) is 28.9. The van der Waals surface area contributed by atoms with E-state index < -0.39 is 31.8 Å². The molecule has 0 atom stereocenters. The van der Waals surface area contributed by atoms with Crippen molar-refractivity contribution < 1.29 is 46.3 Å². The number of hydrogen-bond donors (Lipinski definition) is 4. The van der Waals surface area contributed by atoms with Crippen molar-refractivity contribution in [3.05, 3.63) is 0 Å². The van der Waals surface area contributed by atoms with Gasteiger partial charge in [0.05, 0.1) is 0 Å². The van der Waals surface area contributed by atoms with Gasteiger partial charge in [-0.3, -0.25) is 0 Å². The summed E-state index contributed by atoms with van der Waals surface area (Å²) in [5, 5.41) is 0. The van der Waals surface area contributed by atoms with Gasteiger partial charge in [0.2, 0.25) is 0 Å². The van der Waals surface area contributed by atoms with Crippen molar-refractivity contribution in [2.75, 3.05) is 24.6 Å². The zero-order valence-electron chi connectivity index (χ0n) is 40.3. The Bertz CT molecular complexity index is 806. The molecule has 4 N–H and O–H groups in total. The molecule has 0 aliphatic rings. The SMILES string of the molecule is CCCCCCCC[PH](O)(O)O[PH](CCCCCCCC)(OC(C)C)OC(C)C.CCCCCCCC[PH](O)(O)O[PH](CCCCCCCC)(OC(C)C)OC(C)C. The molecule has 0 heterocycles. The van der Waals surface area contributed by atoms with Gasteiger partial charge in [-0.2, -0.15) is 0 Å². The summed E-state index contributed by atoms with van der Waals surface area (Å²) in [6.45, 7) is 24.5. The van der Waals surface area contributed by atoms with E-state index in [0.29, 0.717) is 24.6 Å². The second kappa shape index (κ2) is 37.7. The van der Waals surface area contributed by atoms with Gasteiger partial charge in [0, 0.05) is 0 Å². The minimum atomic E-state index is -3.81. The van der Waals surface area contributed by atoms with Crippen molar-refractivity contribution in [2.45, 2.75) is 262 Å². The van der Waals surface area contributed by atoms with Crippen LogP contribution in [0.3, 0.4) is 0 Å². The molecular formula is C44H104O10P4. The average Bonchev–Trinajstić information content (AvgIpc) is 3.09. The maximum atomic E-state index is 10.7. The second-order valence-corrected chi connectivity index (χ2v) is 28.1. The van der Waals surface area contributed by atoms with Gasteiger partial charge in [-0.25, -0.2) is 0 Å². The van der Waals surface area contributed by atoms with E-state index in [0.717, 1.165) is 64.2 Å². The van der Waals surface area contributed by atoms with Gasteiger partial charge in [-0.1, -0.05) is 0 Å². The fourth-order valence-corrected chi connectivity index (χ4v) is 19.7. The van der Waals surface area contributed by atoms with Crippen LogP contribution >= 0.6 is 31.8 Å². The molecule has 0 unspecified atom stereocenters. The van der Waals surface area contributed by atoms with Gasteiger partial charge >= 0.3 is 364 Å². The molecule has 0 radical (unpaired) electrons. The molecule has 0 aliphatic carbocycles. The molecule has 0 fully saturated rings. The molecule has 58 heavy (non-hydrogen) atoms. The van der Waals surface area contributed by atoms with Gasteiger partial charge in [-0.05, 0) is 0 Å². The van der Waals surface area contributed by atoms with Gasteiger partial charge in [0.15, 0.2) is 0 Å². The van der Waals surface area contributed by atoms with E-state index in [4.69, 9.17) is 26.7 Å². The monoisotopic (exact) mass is 917 g/mol. The van der Waals surface area contributed by atoms with Gasteiger partial charge < -0.3 is 0 Å². The fourth-order valence-electron chi connectivity index (χ4n) is 7.04. The maximum absolute atomic E-state index is 10.7. The van der Waals surface area contributed by atoms with E-state index in [2.05, 4.69) is 27.7 Å². The van der Waals surface area contributed by atoms with Crippen LogP contribution in [0.2, 0.25) is 0 Å². The summed E-state index contributed by atoms with van der Waals surface area (Å²) in [7, 11) is -13.9. The predicted octanol–water partition coefficient (Wildman–Crippen LogP) is 15.1. The standard InChI is InChI=1S/2C22H52O5P2/c2*1-7-9-11-13-15-17-19-28(23,24)27-29(25-21(3)4,26-22(5)6)20-18-16-14-12-10-8-2/h2*21-24,28-29H,7-20H2,1-6H3. The molecule has 0 aromatic heterocycles. The molecule has 14 heteroatoms. The van der Waals surface area contributed by atoms with Crippen LogP contribution in [0.1, 0.15) is 237 Å². The first-order chi connectivity index (χ1) is 27.3. The van der Waals surface area contributed by atoms with E-state index in [9.17, 15) is 19.6 Å². The summed E-state index contributed by atoms with van der Waals surface area (Å²) in [4.78, 5) is 42.8. The summed E-state index contributed by atoms with van der Waals surface area (Å²) in [5.74, 6) is 0. The van der Waals surface area contributed by atoms with Crippen molar-refractivity contribution >= 4 is 31.8 Å². The van der Waals surface area contributed by atoms with Gasteiger partial charge in [0.25, 0.3) is 0 Å². The Morgan fingerprint density at radius 3 is 0.690 bits per heavy atom. The van der Waals surface area contributed by atoms with Crippen LogP contribution in [0.5, 0.6) is 0 Å². The number of rotatable bonds is 40. The third-order valence-electron chi connectivity index (χ3n) is 9.68. The molecule has 0 spiro atoms. The molecule has 10 nitrogen and oxygen atoms in total. The average molecular weight is 917 g/mol. The van der Waals surface area contributed by atoms with Crippen molar-refractivity contribution in [1.82, 2.24) is 0 Å². The third kappa shape index (κ3) is 37.8. The number of hydrogen-bond acceptors (Lipinski definition) is 10. The summed E-state index contributed by atoms with van der Waals surface area (Å²) >= 11 is 0. The Balaban J connectivity index is 0. The van der Waals surface area contributed by atoms with Crippen LogP contribution in [0, 0.1) is 0 Å². The van der Waals surface area contributed by atoms with Crippen molar-refractivity contribution in [3.8, 4) is 0 Å². The van der Waals surface area contributed by atoms with Crippen molar-refractivity contribution in [3.63, 3.8) is 0 Å². The minimum absolute atomic E-state index is 0.0700. The molecule has 0 aromatic carbocycles. The topological polar surface area (TPSA) is 136 Å². The van der Waals surface area contributed by atoms with Crippen LogP contribution in [0.25, 0.3) is 0 Å². The van der Waals surface area contributed by atoms with E-state index in [1.165, 1.54) is 89.9 Å². The van der Waals surface area contributed by atoms with Crippen molar-refractivity contribution in [1.29, 1.82) is 0 Å². The Labute approximate surface area is 363 Å². The molecule has 0 bridgehead atoms. The molecule has 360 valence electrons. The summed E-state index contributed by atoms with van der Waals surface area (Å²) in [6, 6.07) is 0. The molecule has 0 saturated heterocycles. The van der Waals surface area contributed by atoms with Crippen LogP contribution in [-0.4, -0.2) is 68.6 Å². The van der Waals surface area contributed by atoms with Crippen LogP contribution < -0.4 is 0 Å². The Morgan fingerprint density at radius 1 is 0.293 bits per heavy atom. The first-order valence-corrected chi connectivity index (χ1v) is 32.2. The molecule has 0 rings (SSSR count). The predicted molar refractivity (Wildman–Crippen MR) is 262 cm³/mol. The normalized spacial score (nSPS) is 14.1.